The first-order chi connectivity index (χ1) is 15.5. The maximum absolute atomic E-state index is 13.0. The minimum Gasteiger partial charge on any atom is -0.493 e. The van der Waals surface area contributed by atoms with Gasteiger partial charge < -0.3 is 24.0 Å². The van der Waals surface area contributed by atoms with Crippen molar-refractivity contribution >= 4 is 14.2 Å². The molecular formula is C26H39NO5Si. The van der Waals surface area contributed by atoms with E-state index in [1.807, 2.05) is 18.2 Å². The third-order valence-electron chi connectivity index (χ3n) is 6.44. The Labute approximate surface area is 199 Å². The minimum absolute atomic E-state index is 0.141. The average molecular weight is 474 g/mol. The van der Waals surface area contributed by atoms with E-state index >= 15 is 0 Å². The van der Waals surface area contributed by atoms with E-state index < -0.39 is 8.32 Å². The van der Waals surface area contributed by atoms with Gasteiger partial charge in [-0.05, 0) is 42.2 Å². The molecular weight excluding hydrogens is 434 g/mol. The summed E-state index contributed by atoms with van der Waals surface area (Å²) in [5, 5.41) is 3.24. The molecule has 1 N–H and O–H groups in total. The smallest absolute Gasteiger partial charge is 0.251 e. The summed E-state index contributed by atoms with van der Waals surface area (Å²) in [5.41, 5.74) is 1.63. The van der Waals surface area contributed by atoms with Gasteiger partial charge in [-0.2, -0.15) is 0 Å². The van der Waals surface area contributed by atoms with Crippen LogP contribution in [0, 0.1) is 0 Å². The first-order valence-electron chi connectivity index (χ1n) is 11.3. The molecule has 0 radical (unpaired) electrons. The van der Waals surface area contributed by atoms with Crippen LogP contribution in [0.4, 0.5) is 0 Å². The number of amides is 1. The number of methoxy groups -OCH3 is 3. The lowest BCUT2D eigenvalue weighted by Crippen LogP contribution is -2.41. The quantitative estimate of drug-likeness (QED) is 0.428. The van der Waals surface area contributed by atoms with Gasteiger partial charge in [0.2, 0.25) is 5.75 Å². The van der Waals surface area contributed by atoms with Gasteiger partial charge in [-0.3, -0.25) is 4.79 Å². The molecule has 2 aromatic carbocycles. The summed E-state index contributed by atoms with van der Waals surface area (Å²) in [6.07, 6.45) is 0.825. The van der Waals surface area contributed by atoms with Gasteiger partial charge in [0.1, 0.15) is 0 Å². The van der Waals surface area contributed by atoms with Crippen LogP contribution in [0.15, 0.2) is 42.5 Å². The second kappa shape index (κ2) is 11.6. The molecule has 1 atom stereocenters. The lowest BCUT2D eigenvalue weighted by atomic mass is 9.96. The number of carbonyl (C=O) groups excluding carboxylic acids is 1. The molecule has 7 heteroatoms. The van der Waals surface area contributed by atoms with Gasteiger partial charge in [-0.25, -0.2) is 0 Å². The monoisotopic (exact) mass is 473 g/mol. The molecule has 0 heterocycles. The fourth-order valence-corrected chi connectivity index (χ4v) is 4.38. The fraction of sp³-hybridized carbons (Fsp3) is 0.500. The van der Waals surface area contributed by atoms with Crippen molar-refractivity contribution in [3.05, 3.63) is 53.6 Å². The van der Waals surface area contributed by atoms with Crippen molar-refractivity contribution < 1.29 is 23.4 Å². The molecule has 1 unspecified atom stereocenters. The second-order valence-electron chi connectivity index (χ2n) is 9.63. The molecule has 0 saturated heterocycles. The molecule has 2 rings (SSSR count). The predicted molar refractivity (Wildman–Crippen MR) is 135 cm³/mol. The Hall–Kier alpha value is -2.51. The SMILES string of the molecule is COc1cc(C(=O)NCC(CCO[Si](C)(C)C(C)(C)C)c2ccccc2)cc(OC)c1OC. The first kappa shape index (κ1) is 26.7. The molecule has 0 spiro atoms. The molecule has 0 fully saturated rings. The molecule has 0 aliphatic heterocycles. The largest absolute Gasteiger partial charge is 0.493 e. The molecule has 182 valence electrons. The minimum atomic E-state index is -1.83. The van der Waals surface area contributed by atoms with Gasteiger partial charge in [-0.15, -0.1) is 0 Å². The zero-order valence-electron chi connectivity index (χ0n) is 21.3. The van der Waals surface area contributed by atoms with E-state index in [0.717, 1.165) is 6.42 Å². The standard InChI is InChI=1S/C26H39NO5Si/c1-26(2,3)33(7,8)32-15-14-20(19-12-10-9-11-13-19)18-27-25(28)21-16-22(29-4)24(31-6)23(17-21)30-5/h9-13,16-17,20H,14-15,18H2,1-8H3,(H,27,28). The number of benzene rings is 2. The average Bonchev–Trinajstić information content (AvgIpc) is 2.79. The number of rotatable bonds is 11. The van der Waals surface area contributed by atoms with Crippen LogP contribution in [0.1, 0.15) is 49.0 Å². The van der Waals surface area contributed by atoms with E-state index in [0.29, 0.717) is 36.0 Å². The maximum Gasteiger partial charge on any atom is 0.251 e. The van der Waals surface area contributed by atoms with Crippen molar-refractivity contribution in [2.75, 3.05) is 34.5 Å². The van der Waals surface area contributed by atoms with E-state index in [4.69, 9.17) is 18.6 Å². The molecule has 33 heavy (non-hydrogen) atoms. The zero-order valence-corrected chi connectivity index (χ0v) is 22.3. The molecule has 0 saturated carbocycles. The van der Waals surface area contributed by atoms with Crippen LogP contribution >= 0.6 is 0 Å². The molecule has 6 nitrogen and oxygen atoms in total. The number of hydrogen-bond donors (Lipinski definition) is 1. The summed E-state index contributed by atoms with van der Waals surface area (Å²) < 4.78 is 22.5. The fourth-order valence-electron chi connectivity index (χ4n) is 3.31. The Kier molecular flexibility index (Phi) is 9.37. The Morgan fingerprint density at radius 3 is 2.03 bits per heavy atom. The number of hydrogen-bond acceptors (Lipinski definition) is 5. The molecule has 0 aromatic heterocycles. The number of ether oxygens (including phenoxy) is 3. The molecule has 0 aliphatic rings. The number of nitrogens with one attached hydrogen (secondary N) is 1. The Balaban J connectivity index is 2.14. The second-order valence-corrected chi connectivity index (χ2v) is 14.4. The van der Waals surface area contributed by atoms with Crippen LogP contribution in [-0.4, -0.2) is 48.7 Å². The molecule has 0 bridgehead atoms. The van der Waals surface area contributed by atoms with E-state index in [1.165, 1.54) is 26.9 Å². The highest BCUT2D eigenvalue weighted by atomic mass is 28.4. The molecule has 0 aliphatic carbocycles. The van der Waals surface area contributed by atoms with Crippen LogP contribution < -0.4 is 19.5 Å². The summed E-state index contributed by atoms with van der Waals surface area (Å²) in [6.45, 7) is 12.4. The summed E-state index contributed by atoms with van der Waals surface area (Å²) in [7, 11) is 2.78. The van der Waals surface area contributed by atoms with Crippen molar-refractivity contribution in [1.82, 2.24) is 5.32 Å². The lowest BCUT2D eigenvalue weighted by molar-refractivity contribution is 0.0948. The van der Waals surface area contributed by atoms with Crippen molar-refractivity contribution in [2.24, 2.45) is 0 Å². The van der Waals surface area contributed by atoms with Gasteiger partial charge in [0.05, 0.1) is 21.3 Å². The van der Waals surface area contributed by atoms with E-state index in [9.17, 15) is 4.79 Å². The molecule has 1 amide bonds. The number of carbonyl (C=O) groups is 1. The van der Waals surface area contributed by atoms with Crippen molar-refractivity contribution in [1.29, 1.82) is 0 Å². The van der Waals surface area contributed by atoms with Gasteiger partial charge in [-0.1, -0.05) is 51.1 Å². The van der Waals surface area contributed by atoms with Crippen molar-refractivity contribution in [2.45, 2.75) is 51.2 Å². The van der Waals surface area contributed by atoms with E-state index in [2.05, 4.69) is 51.3 Å². The predicted octanol–water partition coefficient (Wildman–Crippen LogP) is 5.64. The third kappa shape index (κ3) is 6.98. The van der Waals surface area contributed by atoms with Crippen LogP contribution in [0.25, 0.3) is 0 Å². The van der Waals surface area contributed by atoms with Gasteiger partial charge in [0.25, 0.3) is 5.91 Å². The van der Waals surface area contributed by atoms with Crippen LogP contribution in [-0.2, 0) is 4.43 Å². The highest BCUT2D eigenvalue weighted by molar-refractivity contribution is 6.74. The van der Waals surface area contributed by atoms with Crippen LogP contribution in [0.5, 0.6) is 17.2 Å². The van der Waals surface area contributed by atoms with Gasteiger partial charge in [0.15, 0.2) is 19.8 Å². The topological polar surface area (TPSA) is 66.0 Å². The summed E-state index contributed by atoms with van der Waals surface area (Å²) in [4.78, 5) is 13.0. The maximum atomic E-state index is 13.0. The van der Waals surface area contributed by atoms with Crippen molar-refractivity contribution in [3.63, 3.8) is 0 Å². The van der Waals surface area contributed by atoms with E-state index in [-0.39, 0.29) is 16.9 Å². The highest BCUT2D eigenvalue weighted by Gasteiger charge is 2.37. The lowest BCUT2D eigenvalue weighted by Gasteiger charge is -2.36. The normalized spacial score (nSPS) is 12.7. The Bertz CT molecular complexity index is 884. The third-order valence-corrected chi connectivity index (χ3v) is 11.0. The van der Waals surface area contributed by atoms with Crippen molar-refractivity contribution in [3.8, 4) is 17.2 Å². The zero-order chi connectivity index (χ0) is 24.6. The van der Waals surface area contributed by atoms with Gasteiger partial charge >= 0.3 is 0 Å². The first-order valence-corrected chi connectivity index (χ1v) is 14.2. The Morgan fingerprint density at radius 1 is 0.970 bits per heavy atom. The Morgan fingerprint density at radius 2 is 1.55 bits per heavy atom. The summed E-state index contributed by atoms with van der Waals surface area (Å²) in [5.74, 6) is 1.30. The summed E-state index contributed by atoms with van der Waals surface area (Å²) in [6, 6.07) is 13.6. The van der Waals surface area contributed by atoms with Crippen LogP contribution in [0.2, 0.25) is 18.1 Å². The highest BCUT2D eigenvalue weighted by Crippen LogP contribution is 2.38. The van der Waals surface area contributed by atoms with E-state index in [1.54, 1.807) is 12.1 Å². The summed E-state index contributed by atoms with van der Waals surface area (Å²) >= 11 is 0. The van der Waals surface area contributed by atoms with Crippen LogP contribution in [0.3, 0.4) is 0 Å². The van der Waals surface area contributed by atoms with Gasteiger partial charge in [0, 0.05) is 24.6 Å². The molecule has 2 aromatic rings.